The molecule has 0 aliphatic heterocycles. The summed E-state index contributed by atoms with van der Waals surface area (Å²) in [5.41, 5.74) is 0. The molecule has 0 heterocycles. The fourth-order valence-corrected chi connectivity index (χ4v) is 4.34. The lowest BCUT2D eigenvalue weighted by atomic mass is 10.0. The van der Waals surface area contributed by atoms with Crippen LogP contribution in [0.5, 0.6) is 0 Å². The number of carbonyl (C=O) groups excluding carboxylic acids is 1. The summed E-state index contributed by atoms with van der Waals surface area (Å²) >= 11 is 0. The average molecular weight is 770 g/mol. The average Bonchev–Trinajstić information content (AvgIpc) is 3.13. The highest BCUT2D eigenvalue weighted by Crippen LogP contribution is 2.15. The molecule has 17 heteroatoms. The molecule has 0 fully saturated rings. The summed E-state index contributed by atoms with van der Waals surface area (Å²) in [7, 11) is 0. The Morgan fingerprint density at radius 3 is 1.13 bits per heavy atom. The fraction of sp³-hybridized carbons (Fsp3) is 0.889. The van der Waals surface area contributed by atoms with E-state index in [-0.39, 0.29) is 25.2 Å². The largest absolute Gasteiger partial charge is 0.481 e. The van der Waals surface area contributed by atoms with Crippen LogP contribution in [0.1, 0.15) is 38.5 Å². The van der Waals surface area contributed by atoms with Crippen LogP contribution >= 0.6 is 0 Å². The molecule has 1 aliphatic carbocycles. The third-order valence-electron chi connectivity index (χ3n) is 7.06. The van der Waals surface area contributed by atoms with E-state index in [0.29, 0.717) is 159 Å². The number of amides is 1. The van der Waals surface area contributed by atoms with Gasteiger partial charge in [0.15, 0.2) is 0 Å². The van der Waals surface area contributed by atoms with E-state index in [1.807, 2.05) is 0 Å². The Hall–Kier alpha value is -2.00. The second-order valence-corrected chi connectivity index (χ2v) is 11.4. The van der Waals surface area contributed by atoms with Gasteiger partial charge in [0.05, 0.1) is 165 Å². The number of ether oxygens (including phenoxy) is 13. The van der Waals surface area contributed by atoms with Crippen molar-refractivity contribution in [3.8, 4) is 0 Å². The molecule has 1 unspecified atom stereocenters. The molecule has 0 saturated carbocycles. The zero-order valence-electron chi connectivity index (χ0n) is 31.7. The summed E-state index contributed by atoms with van der Waals surface area (Å²) in [6.45, 7) is 11.2. The lowest BCUT2D eigenvalue weighted by Gasteiger charge is -2.18. The number of nitrogens with one attached hydrogen (secondary N) is 1. The van der Waals surface area contributed by atoms with Crippen molar-refractivity contribution in [2.24, 2.45) is 0 Å². The topological polar surface area (TPSA) is 186 Å². The number of rotatable bonds is 40. The summed E-state index contributed by atoms with van der Waals surface area (Å²) in [5.74, 6) is -0.877. The maximum atomic E-state index is 11.9. The predicted octanol–water partition coefficient (Wildman–Crippen LogP) is 2.28. The summed E-state index contributed by atoms with van der Waals surface area (Å²) < 4.78 is 70.6. The first kappa shape index (κ1) is 49.0. The molecule has 0 aromatic carbocycles. The van der Waals surface area contributed by atoms with E-state index in [1.165, 1.54) is 0 Å². The Morgan fingerprint density at radius 2 is 0.774 bits per heavy atom. The standard InChI is InChI=1S/C36H67NO16/c38-35(39)8-10-41-12-14-43-16-18-45-20-22-47-24-26-49-28-30-51-32-33-52-31-29-50-27-25-48-23-21-46-19-17-44-15-13-42-11-9-37-36(40)53-34-6-4-2-1-3-5-7-34/h1-2,34H,3-33H2,(H,37,40)(H,38,39). The van der Waals surface area contributed by atoms with E-state index in [4.69, 9.17) is 66.7 Å². The van der Waals surface area contributed by atoms with Gasteiger partial charge >= 0.3 is 12.1 Å². The van der Waals surface area contributed by atoms with Gasteiger partial charge in [-0.2, -0.15) is 0 Å². The Balaban J connectivity index is 1.64. The zero-order valence-corrected chi connectivity index (χ0v) is 31.7. The maximum Gasteiger partial charge on any atom is 0.407 e. The van der Waals surface area contributed by atoms with Crippen molar-refractivity contribution >= 4 is 12.1 Å². The molecule has 0 aromatic rings. The number of allylic oxidation sites excluding steroid dienone is 2. The number of alkyl carbamates (subject to hydrolysis) is 1. The molecule has 53 heavy (non-hydrogen) atoms. The third kappa shape index (κ3) is 39.5. The van der Waals surface area contributed by atoms with Crippen LogP contribution < -0.4 is 5.32 Å². The highest BCUT2D eigenvalue weighted by Gasteiger charge is 2.14. The van der Waals surface area contributed by atoms with Crippen LogP contribution in [0.25, 0.3) is 0 Å². The second kappa shape index (κ2) is 41.2. The SMILES string of the molecule is O=C(O)CCOCCOCCOCCOCCOCCOCCOCCOCCOCCOCCOCCOCCNC(=O)OC1CCC=CCCC1. The first-order valence-corrected chi connectivity index (χ1v) is 18.9. The molecule has 0 radical (unpaired) electrons. The van der Waals surface area contributed by atoms with Gasteiger partial charge in [-0.1, -0.05) is 12.2 Å². The molecule has 0 bridgehead atoms. The van der Waals surface area contributed by atoms with Crippen molar-refractivity contribution < 1.29 is 76.3 Å². The fourth-order valence-electron chi connectivity index (χ4n) is 4.34. The van der Waals surface area contributed by atoms with Gasteiger partial charge in [0, 0.05) is 6.54 Å². The van der Waals surface area contributed by atoms with Crippen molar-refractivity contribution in [1.29, 1.82) is 0 Å². The Bertz CT molecular complexity index is 824. The first-order chi connectivity index (χ1) is 26.2. The van der Waals surface area contributed by atoms with Crippen molar-refractivity contribution in [3.63, 3.8) is 0 Å². The van der Waals surface area contributed by atoms with Gasteiger partial charge in [-0.15, -0.1) is 0 Å². The number of carbonyl (C=O) groups is 2. The first-order valence-electron chi connectivity index (χ1n) is 18.9. The number of carboxylic acid groups (broad SMARTS) is 1. The van der Waals surface area contributed by atoms with Crippen molar-refractivity contribution in [2.75, 3.05) is 165 Å². The van der Waals surface area contributed by atoms with Gasteiger partial charge in [-0.25, -0.2) is 4.79 Å². The second-order valence-electron chi connectivity index (χ2n) is 11.4. The monoisotopic (exact) mass is 769 g/mol. The number of aliphatic carboxylic acids is 1. The minimum atomic E-state index is -0.877. The highest BCUT2D eigenvalue weighted by molar-refractivity contribution is 5.67. The normalized spacial score (nSPS) is 14.6. The zero-order chi connectivity index (χ0) is 38.0. The van der Waals surface area contributed by atoms with Gasteiger partial charge in [0.25, 0.3) is 0 Å². The molecular formula is C36H67NO16. The molecule has 1 rings (SSSR count). The molecular weight excluding hydrogens is 702 g/mol. The molecule has 312 valence electrons. The summed E-state index contributed by atoms with van der Waals surface area (Å²) in [6, 6.07) is 0. The molecule has 1 aliphatic rings. The lowest BCUT2D eigenvalue weighted by Crippen LogP contribution is -2.31. The Morgan fingerprint density at radius 1 is 0.453 bits per heavy atom. The van der Waals surface area contributed by atoms with Crippen LogP contribution in [-0.2, 0) is 66.4 Å². The predicted molar refractivity (Wildman–Crippen MR) is 193 cm³/mol. The minimum Gasteiger partial charge on any atom is -0.481 e. The van der Waals surface area contributed by atoms with Crippen molar-refractivity contribution in [2.45, 2.75) is 44.6 Å². The molecule has 1 amide bonds. The van der Waals surface area contributed by atoms with Crippen LogP contribution in [0, 0.1) is 0 Å². The minimum absolute atomic E-state index is 0.00616. The third-order valence-corrected chi connectivity index (χ3v) is 7.06. The summed E-state index contributed by atoms with van der Waals surface area (Å²) in [4.78, 5) is 22.3. The molecule has 17 nitrogen and oxygen atoms in total. The van der Waals surface area contributed by atoms with Crippen molar-refractivity contribution in [3.05, 3.63) is 12.2 Å². The van der Waals surface area contributed by atoms with E-state index >= 15 is 0 Å². The number of carboxylic acids is 1. The molecule has 0 saturated heterocycles. The summed E-state index contributed by atoms with van der Waals surface area (Å²) in [6.07, 6.45) is 8.76. The van der Waals surface area contributed by atoms with E-state index in [0.717, 1.165) is 32.1 Å². The highest BCUT2D eigenvalue weighted by atomic mass is 16.6. The van der Waals surface area contributed by atoms with Crippen molar-refractivity contribution in [1.82, 2.24) is 5.32 Å². The number of hydrogen-bond donors (Lipinski definition) is 2. The lowest BCUT2D eigenvalue weighted by molar-refractivity contribution is -0.138. The van der Waals surface area contributed by atoms with Crippen LogP contribution in [0.4, 0.5) is 4.79 Å². The van der Waals surface area contributed by atoms with Gasteiger partial charge in [-0.3, -0.25) is 4.79 Å². The van der Waals surface area contributed by atoms with E-state index in [9.17, 15) is 9.59 Å². The van der Waals surface area contributed by atoms with Gasteiger partial charge in [0.2, 0.25) is 0 Å². The van der Waals surface area contributed by atoms with Crippen LogP contribution in [0.2, 0.25) is 0 Å². The van der Waals surface area contributed by atoms with Gasteiger partial charge in [0.1, 0.15) is 6.10 Å². The van der Waals surface area contributed by atoms with Crippen LogP contribution in [0.3, 0.4) is 0 Å². The Kier molecular flexibility index (Phi) is 38.1. The summed E-state index contributed by atoms with van der Waals surface area (Å²) in [5, 5.41) is 11.2. The van der Waals surface area contributed by atoms with E-state index in [1.54, 1.807) is 0 Å². The van der Waals surface area contributed by atoms with Gasteiger partial charge < -0.3 is 72.0 Å². The molecule has 1 atom stereocenters. The maximum absolute atomic E-state index is 11.9. The number of hydrogen-bond acceptors (Lipinski definition) is 15. The van der Waals surface area contributed by atoms with Gasteiger partial charge in [-0.05, 0) is 32.1 Å². The van der Waals surface area contributed by atoms with Crippen LogP contribution in [-0.4, -0.2) is 188 Å². The van der Waals surface area contributed by atoms with Crippen LogP contribution in [0.15, 0.2) is 12.2 Å². The smallest absolute Gasteiger partial charge is 0.407 e. The van der Waals surface area contributed by atoms with E-state index < -0.39 is 5.97 Å². The van der Waals surface area contributed by atoms with E-state index in [2.05, 4.69) is 17.5 Å². The Labute approximate surface area is 315 Å². The molecule has 2 N–H and O–H groups in total. The molecule has 0 aromatic heterocycles. The quantitative estimate of drug-likeness (QED) is 0.0682. The molecule has 0 spiro atoms.